The maximum atomic E-state index is 13.1. The Bertz CT molecular complexity index is 963. The Kier molecular flexibility index (Phi) is 7.76. The largest absolute Gasteiger partial charge is 0.466 e. The Morgan fingerprint density at radius 1 is 1.16 bits per heavy atom. The van der Waals surface area contributed by atoms with Crippen molar-refractivity contribution in [3.05, 3.63) is 58.1 Å². The van der Waals surface area contributed by atoms with E-state index in [1.807, 2.05) is 24.3 Å². The number of nitrogens with zero attached hydrogens (tertiary/aromatic N) is 1. The van der Waals surface area contributed by atoms with Crippen molar-refractivity contribution in [1.29, 1.82) is 0 Å². The lowest BCUT2D eigenvalue weighted by atomic mass is 10.0. The van der Waals surface area contributed by atoms with Gasteiger partial charge in [0.1, 0.15) is 6.04 Å². The zero-order valence-corrected chi connectivity index (χ0v) is 18.5. The summed E-state index contributed by atoms with van der Waals surface area (Å²) in [5.74, 6) is -1.14. The number of carbonyl (C=O) groups is 3. The molecule has 1 unspecified atom stereocenters. The summed E-state index contributed by atoms with van der Waals surface area (Å²) in [6.45, 7) is 2.56. The lowest BCUT2D eigenvalue weighted by molar-refractivity contribution is -0.151. The molecule has 1 saturated heterocycles. The van der Waals surface area contributed by atoms with Gasteiger partial charge in [-0.3, -0.25) is 14.4 Å². The normalized spacial score (nSPS) is 15.9. The number of piperazine rings is 1. The molecule has 7 nitrogen and oxygen atoms in total. The summed E-state index contributed by atoms with van der Waals surface area (Å²) in [5, 5.41) is 6.81. The van der Waals surface area contributed by atoms with Crippen LogP contribution in [-0.4, -0.2) is 48.4 Å². The van der Waals surface area contributed by atoms with Crippen LogP contribution in [0.4, 0.5) is 11.4 Å². The topological polar surface area (TPSA) is 87.7 Å². The average Bonchev–Trinajstić information content (AvgIpc) is 2.73. The molecule has 0 radical (unpaired) electrons. The van der Waals surface area contributed by atoms with Crippen LogP contribution in [-0.2, 0) is 25.5 Å². The Morgan fingerprint density at radius 3 is 2.58 bits per heavy atom. The highest BCUT2D eigenvalue weighted by Crippen LogP contribution is 2.33. The number of amides is 2. The number of halogens is 2. The molecule has 1 aliphatic rings. The molecule has 0 saturated carbocycles. The van der Waals surface area contributed by atoms with Crippen molar-refractivity contribution in [2.45, 2.75) is 25.8 Å². The molecule has 2 aromatic carbocycles. The molecule has 164 valence electrons. The van der Waals surface area contributed by atoms with E-state index in [0.717, 1.165) is 0 Å². The summed E-state index contributed by atoms with van der Waals surface area (Å²) < 4.78 is 4.96. The van der Waals surface area contributed by atoms with Gasteiger partial charge in [0.2, 0.25) is 11.8 Å². The number of hydrogen-bond donors (Lipinski definition) is 2. The van der Waals surface area contributed by atoms with Gasteiger partial charge in [-0.2, -0.15) is 0 Å². The first-order chi connectivity index (χ1) is 14.9. The van der Waals surface area contributed by atoms with E-state index < -0.39 is 12.0 Å². The molecule has 1 heterocycles. The molecular weight excluding hydrogens is 441 g/mol. The Balaban J connectivity index is 1.79. The second-order valence-corrected chi connectivity index (χ2v) is 7.77. The Labute approximate surface area is 190 Å². The van der Waals surface area contributed by atoms with Crippen molar-refractivity contribution < 1.29 is 19.1 Å². The van der Waals surface area contributed by atoms with Crippen molar-refractivity contribution >= 4 is 52.4 Å². The molecule has 0 spiro atoms. The van der Waals surface area contributed by atoms with Crippen LogP contribution in [0.1, 0.15) is 18.9 Å². The van der Waals surface area contributed by atoms with Gasteiger partial charge in [0.05, 0.1) is 35.2 Å². The van der Waals surface area contributed by atoms with Gasteiger partial charge >= 0.3 is 5.97 Å². The van der Waals surface area contributed by atoms with E-state index in [4.69, 9.17) is 27.9 Å². The fourth-order valence-electron chi connectivity index (χ4n) is 3.41. The molecule has 3 rings (SSSR count). The molecule has 0 aromatic heterocycles. The average molecular weight is 464 g/mol. The molecule has 31 heavy (non-hydrogen) atoms. The van der Waals surface area contributed by atoms with Crippen LogP contribution in [0.2, 0.25) is 10.0 Å². The van der Waals surface area contributed by atoms with Gasteiger partial charge in [0.25, 0.3) is 0 Å². The number of hydrogen-bond acceptors (Lipinski definition) is 5. The predicted octanol–water partition coefficient (Wildman–Crippen LogP) is 3.56. The van der Waals surface area contributed by atoms with Crippen LogP contribution in [0.3, 0.4) is 0 Å². The molecular formula is C22H23Cl2N3O4. The Morgan fingerprint density at radius 2 is 1.87 bits per heavy atom. The smallest absolute Gasteiger partial charge is 0.308 e. The number of ether oxygens (including phenoxy) is 1. The van der Waals surface area contributed by atoms with Gasteiger partial charge in [-0.15, -0.1) is 0 Å². The third-order valence-corrected chi connectivity index (χ3v) is 5.53. The minimum atomic E-state index is -0.890. The third-order valence-electron chi connectivity index (χ3n) is 4.90. The predicted molar refractivity (Wildman–Crippen MR) is 120 cm³/mol. The highest BCUT2D eigenvalue weighted by atomic mass is 35.5. The highest BCUT2D eigenvalue weighted by Gasteiger charge is 2.35. The van der Waals surface area contributed by atoms with Crippen LogP contribution >= 0.6 is 23.2 Å². The number of nitrogens with one attached hydrogen (secondary N) is 2. The zero-order chi connectivity index (χ0) is 22.4. The van der Waals surface area contributed by atoms with Crippen molar-refractivity contribution in [3.8, 4) is 0 Å². The first-order valence-corrected chi connectivity index (χ1v) is 10.7. The number of anilines is 2. The van der Waals surface area contributed by atoms with E-state index in [1.54, 1.807) is 25.1 Å². The summed E-state index contributed by atoms with van der Waals surface area (Å²) in [4.78, 5) is 38.8. The maximum absolute atomic E-state index is 13.1. The van der Waals surface area contributed by atoms with E-state index in [1.165, 1.54) is 4.90 Å². The lowest BCUT2D eigenvalue weighted by Gasteiger charge is -2.34. The first-order valence-electron chi connectivity index (χ1n) is 9.92. The van der Waals surface area contributed by atoms with E-state index in [9.17, 15) is 14.4 Å². The molecule has 0 aliphatic carbocycles. The van der Waals surface area contributed by atoms with Crippen LogP contribution in [0.5, 0.6) is 0 Å². The van der Waals surface area contributed by atoms with E-state index in [2.05, 4.69) is 10.6 Å². The van der Waals surface area contributed by atoms with E-state index in [-0.39, 0.29) is 31.3 Å². The second-order valence-electron chi connectivity index (χ2n) is 6.96. The van der Waals surface area contributed by atoms with Crippen LogP contribution in [0.15, 0.2) is 42.5 Å². The van der Waals surface area contributed by atoms with Gasteiger partial charge in [0.15, 0.2) is 0 Å². The van der Waals surface area contributed by atoms with Crippen molar-refractivity contribution in [1.82, 2.24) is 10.2 Å². The number of esters is 1. The van der Waals surface area contributed by atoms with Crippen LogP contribution in [0.25, 0.3) is 0 Å². The standard InChI is InChI=1S/C22H23Cl2N3O4/c1-2-31-20(29)13-18-22(30)25-10-11-27(18)19(28)12-14-6-3-4-9-17(14)26-21-15(23)7-5-8-16(21)24/h3-9,18,26H,2,10-13H2,1H3,(H,25,30). The quantitative estimate of drug-likeness (QED) is 0.612. The SMILES string of the molecule is CCOC(=O)CC1C(=O)NCCN1C(=O)Cc1ccccc1Nc1c(Cl)cccc1Cl. The molecule has 2 N–H and O–H groups in total. The van der Waals surface area contributed by atoms with Crippen molar-refractivity contribution in [3.63, 3.8) is 0 Å². The fourth-order valence-corrected chi connectivity index (χ4v) is 3.90. The van der Waals surface area contributed by atoms with Crippen molar-refractivity contribution in [2.75, 3.05) is 25.0 Å². The van der Waals surface area contributed by atoms with Gasteiger partial charge in [-0.05, 0) is 30.7 Å². The number of rotatable bonds is 7. The summed E-state index contributed by atoms with van der Waals surface area (Å²) >= 11 is 12.5. The van der Waals surface area contributed by atoms with Crippen molar-refractivity contribution in [2.24, 2.45) is 0 Å². The first kappa shape index (κ1) is 22.9. The monoisotopic (exact) mass is 463 g/mol. The molecule has 9 heteroatoms. The molecule has 0 bridgehead atoms. The van der Waals surface area contributed by atoms with Gasteiger partial charge in [-0.25, -0.2) is 0 Å². The van der Waals surface area contributed by atoms with Crippen LogP contribution < -0.4 is 10.6 Å². The summed E-state index contributed by atoms with van der Waals surface area (Å²) in [6.07, 6.45) is -0.140. The molecule has 1 atom stereocenters. The van der Waals surface area contributed by atoms with Gasteiger partial charge in [0, 0.05) is 18.8 Å². The lowest BCUT2D eigenvalue weighted by Crippen LogP contribution is -2.58. The van der Waals surface area contributed by atoms with E-state index >= 15 is 0 Å². The second kappa shape index (κ2) is 10.5. The van der Waals surface area contributed by atoms with Gasteiger partial charge in [-0.1, -0.05) is 47.5 Å². The van der Waals surface area contributed by atoms with Crippen LogP contribution in [0, 0.1) is 0 Å². The minimum Gasteiger partial charge on any atom is -0.466 e. The third kappa shape index (κ3) is 5.68. The fraction of sp³-hybridized carbons (Fsp3) is 0.318. The number of para-hydroxylation sites is 2. The highest BCUT2D eigenvalue weighted by molar-refractivity contribution is 6.39. The molecule has 2 amide bonds. The Hall–Kier alpha value is -2.77. The van der Waals surface area contributed by atoms with Gasteiger partial charge < -0.3 is 20.3 Å². The summed E-state index contributed by atoms with van der Waals surface area (Å²) in [7, 11) is 0. The number of carbonyl (C=O) groups excluding carboxylic acids is 3. The summed E-state index contributed by atoms with van der Waals surface area (Å²) in [5.41, 5.74) is 1.93. The molecule has 1 aliphatic heterocycles. The minimum absolute atomic E-state index is 0.0395. The number of benzene rings is 2. The molecule has 2 aromatic rings. The van der Waals surface area contributed by atoms with E-state index in [0.29, 0.717) is 40.1 Å². The zero-order valence-electron chi connectivity index (χ0n) is 17.0. The maximum Gasteiger partial charge on any atom is 0.308 e. The molecule has 1 fully saturated rings. The summed E-state index contributed by atoms with van der Waals surface area (Å²) in [6, 6.07) is 11.6.